The van der Waals surface area contributed by atoms with Gasteiger partial charge in [-0.1, -0.05) is 24.3 Å². The molecule has 1 amide bonds. The molecule has 3 aromatic rings. The van der Waals surface area contributed by atoms with Crippen molar-refractivity contribution in [2.24, 2.45) is 0 Å². The summed E-state index contributed by atoms with van der Waals surface area (Å²) in [7, 11) is 1.57. The van der Waals surface area contributed by atoms with E-state index in [2.05, 4.69) is 0 Å². The van der Waals surface area contributed by atoms with E-state index in [1.54, 1.807) is 50.4 Å². The number of Topliss-reactive ketones (excluding diaryl/α,β-unsaturated/α-hetero) is 1. The molecule has 1 fully saturated rings. The molecule has 1 saturated heterocycles. The summed E-state index contributed by atoms with van der Waals surface area (Å²) in [5.74, 6) is -1.12. The first-order chi connectivity index (χ1) is 15.7. The minimum absolute atomic E-state index is 0.00111. The van der Waals surface area contributed by atoms with Gasteiger partial charge in [-0.3, -0.25) is 14.5 Å². The van der Waals surface area contributed by atoms with Gasteiger partial charge in [0.05, 0.1) is 18.7 Å². The first-order valence-electron chi connectivity index (χ1n) is 10.5. The Kier molecular flexibility index (Phi) is 5.68. The Balaban J connectivity index is 1.99. The van der Waals surface area contributed by atoms with E-state index in [1.165, 1.54) is 17.0 Å². The molecule has 0 aliphatic carbocycles. The van der Waals surface area contributed by atoms with E-state index >= 15 is 0 Å². The van der Waals surface area contributed by atoms with Gasteiger partial charge in [-0.25, -0.2) is 0 Å². The minimum Gasteiger partial charge on any atom is -0.508 e. The molecule has 1 aliphatic rings. The first kappa shape index (κ1) is 22.1. The van der Waals surface area contributed by atoms with Crippen LogP contribution in [0.2, 0.25) is 0 Å². The molecular weight excluding hydrogens is 418 g/mol. The number of hydrogen-bond acceptors (Lipinski definition) is 5. The second kappa shape index (κ2) is 8.47. The molecule has 1 atom stereocenters. The van der Waals surface area contributed by atoms with E-state index in [-0.39, 0.29) is 17.1 Å². The third kappa shape index (κ3) is 3.84. The monoisotopic (exact) mass is 443 g/mol. The Labute approximate surface area is 192 Å². The number of amides is 1. The van der Waals surface area contributed by atoms with Crippen LogP contribution in [-0.2, 0) is 9.59 Å². The highest BCUT2D eigenvalue weighted by atomic mass is 16.5. The van der Waals surface area contributed by atoms with Gasteiger partial charge >= 0.3 is 0 Å². The molecule has 3 aromatic carbocycles. The SMILES string of the molecule is COc1cc(C)c(/C(O)=C2\C(=O)C(=O)N(c3cccc(C)c3)C2c2cccc(O)c2)cc1C. The minimum atomic E-state index is -0.902. The van der Waals surface area contributed by atoms with Crippen LogP contribution in [0.5, 0.6) is 11.5 Å². The van der Waals surface area contributed by atoms with Crippen molar-refractivity contribution in [1.29, 1.82) is 0 Å². The highest BCUT2D eigenvalue weighted by molar-refractivity contribution is 6.51. The van der Waals surface area contributed by atoms with Crippen molar-refractivity contribution in [2.75, 3.05) is 12.0 Å². The molecule has 0 radical (unpaired) electrons. The third-order valence-electron chi connectivity index (χ3n) is 5.91. The lowest BCUT2D eigenvalue weighted by Crippen LogP contribution is -2.29. The summed E-state index contributed by atoms with van der Waals surface area (Å²) >= 11 is 0. The van der Waals surface area contributed by atoms with Crippen molar-refractivity contribution >= 4 is 23.1 Å². The zero-order valence-corrected chi connectivity index (χ0v) is 18.9. The number of aliphatic hydroxyl groups excluding tert-OH is 1. The number of aromatic hydroxyl groups is 1. The maximum Gasteiger partial charge on any atom is 0.300 e. The van der Waals surface area contributed by atoms with Crippen LogP contribution in [0, 0.1) is 20.8 Å². The quantitative estimate of drug-likeness (QED) is 0.338. The summed E-state index contributed by atoms with van der Waals surface area (Å²) in [5, 5.41) is 21.5. The fourth-order valence-corrected chi connectivity index (χ4v) is 4.30. The number of aryl methyl sites for hydroxylation is 3. The van der Waals surface area contributed by atoms with Crippen molar-refractivity contribution in [3.63, 3.8) is 0 Å². The molecule has 33 heavy (non-hydrogen) atoms. The lowest BCUT2D eigenvalue weighted by atomic mass is 9.93. The Morgan fingerprint density at radius 3 is 2.33 bits per heavy atom. The van der Waals surface area contributed by atoms with Gasteiger partial charge in [0.15, 0.2) is 0 Å². The Bertz CT molecular complexity index is 1310. The molecule has 0 aromatic heterocycles. The fraction of sp³-hybridized carbons (Fsp3) is 0.185. The van der Waals surface area contributed by atoms with E-state index in [1.807, 2.05) is 26.0 Å². The van der Waals surface area contributed by atoms with Crippen molar-refractivity contribution in [3.05, 3.63) is 94.1 Å². The van der Waals surface area contributed by atoms with Crippen molar-refractivity contribution in [1.82, 2.24) is 0 Å². The van der Waals surface area contributed by atoms with Crippen molar-refractivity contribution < 1.29 is 24.5 Å². The molecule has 4 rings (SSSR count). The van der Waals surface area contributed by atoms with Crippen molar-refractivity contribution in [3.8, 4) is 11.5 Å². The van der Waals surface area contributed by atoms with Gasteiger partial charge in [-0.15, -0.1) is 0 Å². The number of hydrogen-bond donors (Lipinski definition) is 2. The average molecular weight is 443 g/mol. The number of methoxy groups -OCH3 is 1. The van der Waals surface area contributed by atoms with Crippen LogP contribution in [-0.4, -0.2) is 29.0 Å². The lowest BCUT2D eigenvalue weighted by Gasteiger charge is -2.26. The second-order valence-electron chi connectivity index (χ2n) is 8.24. The number of phenolic OH excluding ortho intramolecular Hbond substituents is 1. The number of aliphatic hydroxyl groups is 1. The summed E-state index contributed by atoms with van der Waals surface area (Å²) in [6, 6.07) is 16.3. The Hall–Kier alpha value is -4.06. The molecule has 0 spiro atoms. The highest BCUT2D eigenvalue weighted by Gasteiger charge is 2.47. The van der Waals surface area contributed by atoms with Crippen LogP contribution < -0.4 is 9.64 Å². The van der Waals surface area contributed by atoms with Gasteiger partial charge < -0.3 is 14.9 Å². The van der Waals surface area contributed by atoms with Gasteiger partial charge in [0.2, 0.25) is 0 Å². The zero-order valence-electron chi connectivity index (χ0n) is 18.9. The largest absolute Gasteiger partial charge is 0.508 e. The molecule has 6 nitrogen and oxygen atoms in total. The average Bonchev–Trinajstić information content (AvgIpc) is 3.05. The lowest BCUT2D eigenvalue weighted by molar-refractivity contribution is -0.132. The normalized spacial score (nSPS) is 17.5. The number of phenols is 1. The maximum atomic E-state index is 13.3. The summed E-state index contributed by atoms with van der Waals surface area (Å²) in [6.07, 6.45) is 0. The number of anilines is 1. The topological polar surface area (TPSA) is 87.1 Å². The number of rotatable bonds is 4. The highest BCUT2D eigenvalue weighted by Crippen LogP contribution is 2.43. The van der Waals surface area contributed by atoms with Gasteiger partial charge in [-0.2, -0.15) is 0 Å². The molecule has 1 heterocycles. The molecule has 0 bridgehead atoms. The molecule has 1 aliphatic heterocycles. The van der Waals surface area contributed by atoms with E-state index < -0.39 is 17.7 Å². The summed E-state index contributed by atoms with van der Waals surface area (Å²) < 4.78 is 5.36. The smallest absolute Gasteiger partial charge is 0.300 e. The van der Waals surface area contributed by atoms with E-state index in [0.717, 1.165) is 11.1 Å². The van der Waals surface area contributed by atoms with Crippen LogP contribution >= 0.6 is 0 Å². The van der Waals surface area contributed by atoms with Crippen LogP contribution in [0.1, 0.15) is 33.9 Å². The number of ether oxygens (including phenoxy) is 1. The first-order valence-corrected chi connectivity index (χ1v) is 10.5. The number of carbonyl (C=O) groups excluding carboxylic acids is 2. The maximum absolute atomic E-state index is 13.3. The van der Waals surface area contributed by atoms with Gasteiger partial charge in [0, 0.05) is 11.3 Å². The number of benzene rings is 3. The Morgan fingerprint density at radius 2 is 1.67 bits per heavy atom. The number of ketones is 1. The number of nitrogens with zero attached hydrogens (tertiary/aromatic N) is 1. The van der Waals surface area contributed by atoms with Crippen LogP contribution in [0.4, 0.5) is 5.69 Å². The predicted molar refractivity (Wildman–Crippen MR) is 127 cm³/mol. The molecular formula is C27H25NO5. The van der Waals surface area contributed by atoms with E-state index in [9.17, 15) is 19.8 Å². The van der Waals surface area contributed by atoms with Gasteiger partial charge in [-0.05, 0) is 79.4 Å². The molecule has 0 saturated carbocycles. The van der Waals surface area contributed by atoms with E-state index in [0.29, 0.717) is 28.1 Å². The van der Waals surface area contributed by atoms with Crippen LogP contribution in [0.3, 0.4) is 0 Å². The van der Waals surface area contributed by atoms with Crippen LogP contribution in [0.25, 0.3) is 5.76 Å². The fourth-order valence-electron chi connectivity index (χ4n) is 4.30. The van der Waals surface area contributed by atoms with Crippen molar-refractivity contribution in [2.45, 2.75) is 26.8 Å². The summed E-state index contributed by atoms with van der Waals surface area (Å²) in [5.41, 5.74) is 3.87. The van der Waals surface area contributed by atoms with Crippen LogP contribution in [0.15, 0.2) is 66.2 Å². The Morgan fingerprint density at radius 1 is 0.939 bits per heavy atom. The molecule has 2 N–H and O–H groups in total. The number of carbonyl (C=O) groups is 2. The molecule has 168 valence electrons. The van der Waals surface area contributed by atoms with Gasteiger partial charge in [0.1, 0.15) is 17.3 Å². The zero-order chi connectivity index (χ0) is 23.9. The van der Waals surface area contributed by atoms with E-state index in [4.69, 9.17) is 4.74 Å². The summed E-state index contributed by atoms with van der Waals surface area (Å²) in [6.45, 7) is 5.54. The third-order valence-corrected chi connectivity index (χ3v) is 5.91. The summed E-state index contributed by atoms with van der Waals surface area (Å²) in [4.78, 5) is 27.9. The molecule has 1 unspecified atom stereocenters. The predicted octanol–water partition coefficient (Wildman–Crippen LogP) is 4.95. The standard InChI is InChI=1S/C27H25NO5/c1-15-7-5-9-19(11-15)28-24(18-8-6-10-20(29)14-18)23(26(31)27(28)32)25(30)21-12-17(3)22(33-4)13-16(21)2/h5-14,24,29-30H,1-4H3/b25-23+. The second-order valence-corrected chi connectivity index (χ2v) is 8.24. The molecule has 6 heteroatoms. The van der Waals surface area contributed by atoms with Gasteiger partial charge in [0.25, 0.3) is 11.7 Å².